The Bertz CT molecular complexity index is 461. The zero-order chi connectivity index (χ0) is 9.12. The summed E-state index contributed by atoms with van der Waals surface area (Å²) in [5.41, 5.74) is 3.60. The van der Waals surface area contributed by atoms with E-state index in [4.69, 9.17) is 4.42 Å². The average molecular weight is 187 g/mol. The molecular formula is C12H13NO. The summed E-state index contributed by atoms with van der Waals surface area (Å²) in [5, 5.41) is 3.60. The maximum Gasteiger partial charge on any atom is 0.131 e. The van der Waals surface area contributed by atoms with Crippen LogP contribution in [0.5, 0.6) is 0 Å². The highest BCUT2D eigenvalue weighted by Gasteiger charge is 2.41. The van der Waals surface area contributed by atoms with Gasteiger partial charge in [0, 0.05) is 17.5 Å². The summed E-state index contributed by atoms with van der Waals surface area (Å²) < 4.78 is 5.61. The van der Waals surface area contributed by atoms with Gasteiger partial charge in [0.05, 0.1) is 0 Å². The zero-order valence-corrected chi connectivity index (χ0v) is 7.99. The van der Waals surface area contributed by atoms with Gasteiger partial charge in [-0.3, -0.25) is 0 Å². The molecule has 2 aromatic heterocycles. The van der Waals surface area contributed by atoms with Crippen molar-refractivity contribution in [3.63, 3.8) is 0 Å². The van der Waals surface area contributed by atoms with E-state index in [0.717, 1.165) is 23.1 Å². The average Bonchev–Trinajstić information content (AvgIpc) is 2.96. The van der Waals surface area contributed by atoms with Gasteiger partial charge in [-0.2, -0.15) is 0 Å². The highest BCUT2D eigenvalue weighted by molar-refractivity contribution is 5.67. The van der Waals surface area contributed by atoms with Crippen LogP contribution in [0.3, 0.4) is 0 Å². The Hall–Kier alpha value is -1.02. The van der Waals surface area contributed by atoms with Crippen LogP contribution < -0.4 is 5.32 Å². The van der Waals surface area contributed by atoms with Crippen LogP contribution in [-0.2, 0) is 0 Å². The number of nitrogens with one attached hydrogen (secondary N) is 1. The Kier molecular flexibility index (Phi) is 1.21. The molecular weight excluding hydrogens is 174 g/mol. The second kappa shape index (κ2) is 2.31. The summed E-state index contributed by atoms with van der Waals surface area (Å²) in [7, 11) is 0. The first-order chi connectivity index (χ1) is 6.90. The van der Waals surface area contributed by atoms with E-state index in [-0.39, 0.29) is 0 Å². The molecule has 4 bridgehead atoms. The molecule has 2 aliphatic rings. The van der Waals surface area contributed by atoms with Crippen molar-refractivity contribution in [2.75, 3.05) is 6.54 Å². The molecule has 1 aliphatic heterocycles. The van der Waals surface area contributed by atoms with Gasteiger partial charge in [0.1, 0.15) is 11.2 Å². The lowest BCUT2D eigenvalue weighted by Gasteiger charge is -2.21. The molecule has 2 nitrogen and oxygen atoms in total. The van der Waals surface area contributed by atoms with Gasteiger partial charge in [0.2, 0.25) is 0 Å². The molecule has 2 aromatic rings. The molecule has 1 saturated heterocycles. The lowest BCUT2D eigenvalue weighted by Crippen LogP contribution is -2.31. The predicted molar refractivity (Wildman–Crippen MR) is 54.7 cm³/mol. The van der Waals surface area contributed by atoms with Gasteiger partial charge in [-0.05, 0) is 43.5 Å². The van der Waals surface area contributed by atoms with E-state index >= 15 is 0 Å². The molecule has 0 spiro atoms. The third-order valence-electron chi connectivity index (χ3n) is 3.94. The van der Waals surface area contributed by atoms with E-state index in [0.29, 0.717) is 5.92 Å². The summed E-state index contributed by atoms with van der Waals surface area (Å²) in [4.78, 5) is 0. The largest absolute Gasteiger partial charge is 0.457 e. The Morgan fingerprint density at radius 2 is 2.29 bits per heavy atom. The van der Waals surface area contributed by atoms with Crippen LogP contribution in [0.15, 0.2) is 22.6 Å². The molecule has 14 heavy (non-hydrogen) atoms. The Morgan fingerprint density at radius 1 is 1.29 bits per heavy atom. The van der Waals surface area contributed by atoms with Gasteiger partial charge in [0.15, 0.2) is 0 Å². The van der Waals surface area contributed by atoms with E-state index in [1.807, 2.05) is 0 Å². The molecule has 0 amide bonds. The van der Waals surface area contributed by atoms with Crippen LogP contribution >= 0.6 is 0 Å². The lowest BCUT2D eigenvalue weighted by molar-refractivity contribution is 0.449. The number of hydrogen-bond acceptors (Lipinski definition) is 2. The quantitative estimate of drug-likeness (QED) is 0.741. The minimum Gasteiger partial charge on any atom is -0.457 e. The number of fused-ring (bicyclic) bond motifs is 4. The minimum atomic E-state index is 0.714. The lowest BCUT2D eigenvalue weighted by atomic mass is 9.92. The van der Waals surface area contributed by atoms with Crippen LogP contribution in [0, 0.1) is 5.92 Å². The normalized spacial score (nSPS) is 36.1. The zero-order valence-electron chi connectivity index (χ0n) is 7.99. The van der Waals surface area contributed by atoms with E-state index in [1.54, 1.807) is 0 Å². The van der Waals surface area contributed by atoms with Crippen molar-refractivity contribution in [1.29, 1.82) is 0 Å². The summed E-state index contributed by atoms with van der Waals surface area (Å²) in [6.45, 7) is 1.23. The predicted octanol–water partition coefficient (Wildman–Crippen LogP) is 2.34. The van der Waals surface area contributed by atoms with Gasteiger partial charge in [-0.15, -0.1) is 0 Å². The van der Waals surface area contributed by atoms with Crippen LogP contribution in [0.2, 0.25) is 0 Å². The maximum atomic E-state index is 5.61. The third-order valence-corrected chi connectivity index (χ3v) is 3.94. The molecule has 4 rings (SSSR count). The smallest absolute Gasteiger partial charge is 0.131 e. The number of piperidine rings is 1. The number of rotatable bonds is 1. The van der Waals surface area contributed by atoms with Crippen molar-refractivity contribution < 1.29 is 4.42 Å². The van der Waals surface area contributed by atoms with Crippen LogP contribution in [0.1, 0.15) is 24.3 Å². The standard InChI is InChI=1S/C12H13NO/c1-2-12-10(5-8(1)14-12)9-3-7-4-11(9)13-6-7/h1-2,5,7,9,11,13H,3-4,6H2. The summed E-state index contributed by atoms with van der Waals surface area (Å²) >= 11 is 0. The monoisotopic (exact) mass is 187 g/mol. The van der Waals surface area contributed by atoms with Gasteiger partial charge in [-0.1, -0.05) is 0 Å². The first-order valence-electron chi connectivity index (χ1n) is 5.45. The fourth-order valence-corrected chi connectivity index (χ4v) is 3.30. The van der Waals surface area contributed by atoms with Gasteiger partial charge in [0.25, 0.3) is 0 Å². The van der Waals surface area contributed by atoms with E-state index < -0.39 is 0 Å². The Morgan fingerprint density at radius 3 is 2.86 bits per heavy atom. The van der Waals surface area contributed by atoms with Crippen molar-refractivity contribution in [2.45, 2.75) is 24.8 Å². The molecule has 0 aromatic carbocycles. The summed E-state index contributed by atoms with van der Waals surface area (Å²) in [5.74, 6) is 1.63. The fourth-order valence-electron chi connectivity index (χ4n) is 3.30. The minimum absolute atomic E-state index is 0.714. The Balaban J connectivity index is 1.78. The van der Waals surface area contributed by atoms with Crippen molar-refractivity contribution in [3.8, 4) is 0 Å². The molecule has 3 heterocycles. The number of hydrogen-bond donors (Lipinski definition) is 1. The highest BCUT2D eigenvalue weighted by Crippen LogP contribution is 2.44. The van der Waals surface area contributed by atoms with Crippen molar-refractivity contribution in [1.82, 2.24) is 5.32 Å². The van der Waals surface area contributed by atoms with Crippen LogP contribution in [0.4, 0.5) is 0 Å². The molecule has 1 aliphatic carbocycles. The maximum absolute atomic E-state index is 5.61. The molecule has 72 valence electrons. The van der Waals surface area contributed by atoms with Crippen molar-refractivity contribution in [2.24, 2.45) is 5.92 Å². The molecule has 1 saturated carbocycles. The number of benzene rings is 1. The van der Waals surface area contributed by atoms with Crippen LogP contribution in [-0.4, -0.2) is 12.6 Å². The molecule has 2 heteroatoms. The first-order valence-corrected chi connectivity index (χ1v) is 5.45. The molecule has 0 radical (unpaired) electrons. The van der Waals surface area contributed by atoms with Crippen LogP contribution in [0.25, 0.3) is 11.2 Å². The molecule has 3 unspecified atom stereocenters. The fraction of sp³-hybridized carbons (Fsp3) is 0.500. The summed E-state index contributed by atoms with van der Waals surface area (Å²) in [6.07, 6.45) is 2.73. The molecule has 2 fully saturated rings. The highest BCUT2D eigenvalue weighted by atomic mass is 16.3. The third kappa shape index (κ3) is 0.800. The first kappa shape index (κ1) is 7.30. The van der Waals surface area contributed by atoms with Crippen molar-refractivity contribution in [3.05, 3.63) is 23.8 Å². The van der Waals surface area contributed by atoms with Gasteiger partial charge < -0.3 is 9.73 Å². The van der Waals surface area contributed by atoms with E-state index in [1.165, 1.54) is 24.9 Å². The topological polar surface area (TPSA) is 25.2 Å². The van der Waals surface area contributed by atoms with Crippen molar-refractivity contribution >= 4 is 11.2 Å². The molecule has 1 N–H and O–H groups in total. The Labute approximate surface area is 82.6 Å². The second-order valence-corrected chi connectivity index (χ2v) is 4.76. The second-order valence-electron chi connectivity index (χ2n) is 4.76. The van der Waals surface area contributed by atoms with Gasteiger partial charge >= 0.3 is 0 Å². The SMILES string of the molecule is c1cc2oc1cc2C1CC2CNC1C2. The van der Waals surface area contributed by atoms with E-state index in [9.17, 15) is 0 Å². The molecule has 3 atom stereocenters. The van der Waals surface area contributed by atoms with Gasteiger partial charge in [-0.25, -0.2) is 0 Å². The summed E-state index contributed by atoms with van der Waals surface area (Å²) in [6, 6.07) is 7.11. The van der Waals surface area contributed by atoms with E-state index in [2.05, 4.69) is 23.5 Å². The number of furan rings is 2.